The van der Waals surface area contributed by atoms with Gasteiger partial charge in [-0.1, -0.05) is 6.07 Å². The molecule has 0 saturated carbocycles. The van der Waals surface area contributed by atoms with Crippen LogP contribution >= 0.6 is 11.3 Å². The number of ether oxygens (including phenoxy) is 1. The number of fused-ring (bicyclic) bond motifs is 2. The molecular weight excluding hydrogens is 442 g/mol. The number of nitroso groups, excluding NO2 is 1. The highest BCUT2D eigenvalue weighted by atomic mass is 32.1. The highest BCUT2D eigenvalue weighted by Gasteiger charge is 2.20. The summed E-state index contributed by atoms with van der Waals surface area (Å²) in [6, 6.07) is 7.31. The molecule has 0 bridgehead atoms. The van der Waals surface area contributed by atoms with Crippen molar-refractivity contribution in [2.24, 2.45) is 5.18 Å². The summed E-state index contributed by atoms with van der Waals surface area (Å²) < 4.78 is 7.45. The van der Waals surface area contributed by atoms with E-state index in [2.05, 4.69) is 35.7 Å². The lowest BCUT2D eigenvalue weighted by Crippen LogP contribution is -2.37. The predicted octanol–water partition coefficient (Wildman–Crippen LogP) is 3.60. The highest BCUT2D eigenvalue weighted by Crippen LogP contribution is 2.27. The van der Waals surface area contributed by atoms with Gasteiger partial charge < -0.3 is 19.9 Å². The molecule has 6 rings (SSSR count). The van der Waals surface area contributed by atoms with E-state index in [1.54, 1.807) is 29.8 Å². The smallest absolute Gasteiger partial charge is 0.229 e. The zero-order valence-corrected chi connectivity index (χ0v) is 18.2. The fraction of sp³-hybridized carbons (Fsp3) is 0.238. The maximum absolute atomic E-state index is 11.1. The van der Waals surface area contributed by atoms with E-state index in [4.69, 9.17) is 14.7 Å². The minimum absolute atomic E-state index is 0.309. The van der Waals surface area contributed by atoms with Gasteiger partial charge in [-0.25, -0.2) is 9.97 Å². The van der Waals surface area contributed by atoms with Crippen molar-refractivity contribution in [1.29, 1.82) is 0 Å². The first-order valence-electron chi connectivity index (χ1n) is 10.5. The van der Waals surface area contributed by atoms with Crippen LogP contribution < -0.4 is 10.2 Å². The first-order chi connectivity index (χ1) is 16.3. The number of morpholine rings is 1. The number of para-hydroxylation sites is 1. The van der Waals surface area contributed by atoms with Crippen LogP contribution in [0.1, 0.15) is 5.82 Å². The number of aromatic nitrogens is 6. The lowest BCUT2D eigenvalue weighted by atomic mass is 10.3. The molecule has 5 aromatic rings. The van der Waals surface area contributed by atoms with Gasteiger partial charge in [0.05, 0.1) is 31.0 Å². The van der Waals surface area contributed by atoms with Crippen LogP contribution in [0.4, 0.5) is 17.5 Å². The number of nitrogens with zero attached hydrogens (tertiary/aromatic N) is 7. The van der Waals surface area contributed by atoms with Crippen LogP contribution in [0.5, 0.6) is 0 Å². The second-order valence-electron chi connectivity index (χ2n) is 7.54. The molecule has 5 heterocycles. The fourth-order valence-corrected chi connectivity index (χ4v) is 4.52. The Kier molecular flexibility index (Phi) is 4.92. The number of rotatable bonds is 6. The van der Waals surface area contributed by atoms with Crippen LogP contribution in [0.25, 0.3) is 27.9 Å². The molecule has 1 aliphatic rings. The predicted molar refractivity (Wildman–Crippen MR) is 126 cm³/mol. The largest absolute Gasteiger partial charge is 0.378 e. The molecule has 1 saturated heterocycles. The third-order valence-corrected chi connectivity index (χ3v) is 6.20. The number of nitrogens with one attached hydrogen (secondary N) is 2. The first-order valence-corrected chi connectivity index (χ1v) is 11.4. The lowest BCUT2D eigenvalue weighted by molar-refractivity contribution is 0.122. The summed E-state index contributed by atoms with van der Waals surface area (Å²) in [4.78, 5) is 35.2. The molecule has 2 N–H and O–H groups in total. The van der Waals surface area contributed by atoms with E-state index < -0.39 is 0 Å². The first kappa shape index (κ1) is 19.8. The van der Waals surface area contributed by atoms with E-state index in [0.717, 1.165) is 29.9 Å². The van der Waals surface area contributed by atoms with Gasteiger partial charge in [-0.2, -0.15) is 21.3 Å². The van der Waals surface area contributed by atoms with Crippen LogP contribution in [0.3, 0.4) is 0 Å². The van der Waals surface area contributed by atoms with E-state index >= 15 is 0 Å². The fourth-order valence-electron chi connectivity index (χ4n) is 3.89. The van der Waals surface area contributed by atoms with E-state index in [1.807, 2.05) is 22.1 Å². The normalized spacial score (nSPS) is 14.2. The van der Waals surface area contributed by atoms with Gasteiger partial charge in [0, 0.05) is 18.5 Å². The molecule has 0 amide bonds. The molecule has 0 atom stereocenters. The topological polar surface area (TPSA) is 126 Å². The Bertz CT molecular complexity index is 1440. The van der Waals surface area contributed by atoms with Gasteiger partial charge >= 0.3 is 0 Å². The summed E-state index contributed by atoms with van der Waals surface area (Å²) in [6.07, 6.45) is 1.76. The molecule has 0 spiro atoms. The SMILES string of the molecule is O=Nc1cccc2[nH]c(CNc3nc(N4CCOCC4)nc4c3ncn4-c3ccsc3)nc12. The zero-order chi connectivity index (χ0) is 22.2. The average molecular weight is 462 g/mol. The van der Waals surface area contributed by atoms with Gasteiger partial charge in [0.2, 0.25) is 5.95 Å². The Morgan fingerprint density at radius 3 is 2.88 bits per heavy atom. The van der Waals surface area contributed by atoms with Gasteiger partial charge in [-0.05, 0) is 28.8 Å². The summed E-state index contributed by atoms with van der Waals surface area (Å²) in [5, 5.41) is 10.5. The molecule has 33 heavy (non-hydrogen) atoms. The maximum Gasteiger partial charge on any atom is 0.229 e. The van der Waals surface area contributed by atoms with Gasteiger partial charge in [-0.15, -0.1) is 4.91 Å². The number of thiophene rings is 1. The number of hydrogen-bond donors (Lipinski definition) is 2. The van der Waals surface area contributed by atoms with Crippen molar-refractivity contribution in [3.8, 4) is 5.69 Å². The summed E-state index contributed by atoms with van der Waals surface area (Å²) >= 11 is 1.62. The van der Waals surface area contributed by atoms with Crippen molar-refractivity contribution in [3.63, 3.8) is 0 Å². The summed E-state index contributed by atoms with van der Waals surface area (Å²) in [5.74, 6) is 1.91. The van der Waals surface area contributed by atoms with Crippen molar-refractivity contribution in [2.45, 2.75) is 6.54 Å². The second-order valence-corrected chi connectivity index (χ2v) is 8.32. The molecule has 1 aromatic carbocycles. The zero-order valence-electron chi connectivity index (χ0n) is 17.4. The Hall–Kier alpha value is -3.90. The van der Waals surface area contributed by atoms with Gasteiger partial charge in [0.1, 0.15) is 23.4 Å². The van der Waals surface area contributed by atoms with Crippen LogP contribution in [-0.2, 0) is 11.3 Å². The van der Waals surface area contributed by atoms with Gasteiger partial charge in [0.25, 0.3) is 0 Å². The Morgan fingerprint density at radius 2 is 2.06 bits per heavy atom. The van der Waals surface area contributed by atoms with Crippen LogP contribution in [-0.4, -0.2) is 55.8 Å². The molecule has 0 radical (unpaired) electrons. The highest BCUT2D eigenvalue weighted by molar-refractivity contribution is 7.08. The standard InChI is InChI=1S/C21H19N9O2S/c31-28-15-3-1-2-14-17(15)25-16(24-14)10-22-19-18-20(30(12-23-18)13-4-9-33-11-13)27-21(26-19)29-5-7-32-8-6-29/h1-4,9,11-12H,5-8,10H2,(H,24,25)(H,22,26,27). The minimum atomic E-state index is 0.309. The number of hydrogen-bond acceptors (Lipinski definition) is 10. The Morgan fingerprint density at radius 1 is 1.15 bits per heavy atom. The van der Waals surface area contributed by atoms with E-state index in [0.29, 0.717) is 54.1 Å². The van der Waals surface area contributed by atoms with Crippen LogP contribution in [0.2, 0.25) is 0 Å². The van der Waals surface area contributed by atoms with Crippen molar-refractivity contribution < 1.29 is 4.74 Å². The third-order valence-electron chi connectivity index (χ3n) is 5.52. The molecule has 1 fully saturated rings. The molecule has 166 valence electrons. The quantitative estimate of drug-likeness (QED) is 0.367. The molecule has 4 aromatic heterocycles. The number of anilines is 2. The molecule has 0 unspecified atom stereocenters. The van der Waals surface area contributed by atoms with Crippen molar-refractivity contribution in [1.82, 2.24) is 29.5 Å². The minimum Gasteiger partial charge on any atom is -0.378 e. The van der Waals surface area contributed by atoms with E-state index in [9.17, 15) is 4.91 Å². The summed E-state index contributed by atoms with van der Waals surface area (Å²) in [6.45, 7) is 3.10. The number of imidazole rings is 2. The molecule has 12 heteroatoms. The summed E-state index contributed by atoms with van der Waals surface area (Å²) in [5.41, 5.74) is 4.02. The lowest BCUT2D eigenvalue weighted by Gasteiger charge is -2.27. The second kappa shape index (κ2) is 8.22. The number of benzene rings is 1. The monoisotopic (exact) mass is 461 g/mol. The third kappa shape index (κ3) is 3.58. The molecule has 11 nitrogen and oxygen atoms in total. The van der Waals surface area contributed by atoms with Crippen molar-refractivity contribution in [3.05, 3.63) is 52.1 Å². The van der Waals surface area contributed by atoms with Crippen molar-refractivity contribution in [2.75, 3.05) is 36.5 Å². The van der Waals surface area contributed by atoms with E-state index in [-0.39, 0.29) is 0 Å². The molecule has 1 aliphatic heterocycles. The molecular formula is C21H19N9O2S. The number of H-pyrrole nitrogens is 1. The van der Waals surface area contributed by atoms with Gasteiger partial charge in [-0.3, -0.25) is 4.57 Å². The van der Waals surface area contributed by atoms with Gasteiger partial charge in [0.15, 0.2) is 17.0 Å². The Labute approximate surface area is 191 Å². The summed E-state index contributed by atoms with van der Waals surface area (Å²) in [7, 11) is 0. The van der Waals surface area contributed by atoms with Crippen molar-refractivity contribution >= 4 is 51.0 Å². The average Bonchev–Trinajstić information content (AvgIpc) is 3.61. The Balaban J connectivity index is 1.38. The molecule has 0 aliphatic carbocycles. The number of aromatic amines is 1. The van der Waals surface area contributed by atoms with Crippen LogP contribution in [0.15, 0.2) is 46.5 Å². The maximum atomic E-state index is 11.1. The van der Waals surface area contributed by atoms with E-state index in [1.165, 1.54) is 0 Å². The van der Waals surface area contributed by atoms with Crippen LogP contribution in [0, 0.1) is 4.91 Å².